The molecule has 0 bridgehead atoms. The van der Waals surface area contributed by atoms with Crippen LogP contribution in [-0.2, 0) is 6.42 Å². The van der Waals surface area contributed by atoms with Gasteiger partial charge in [0.25, 0.3) is 5.69 Å². The van der Waals surface area contributed by atoms with Gasteiger partial charge >= 0.3 is 0 Å². The van der Waals surface area contributed by atoms with Crippen molar-refractivity contribution in [2.45, 2.75) is 6.42 Å². The molecule has 138 valence electrons. The van der Waals surface area contributed by atoms with E-state index in [-0.39, 0.29) is 18.1 Å². The molecule has 4 rings (SSSR count). The van der Waals surface area contributed by atoms with Crippen molar-refractivity contribution in [3.63, 3.8) is 0 Å². The lowest BCUT2D eigenvalue weighted by Crippen LogP contribution is -2.27. The number of Topliss-reactive ketones (excluding diaryl/α,β-unsaturated/α-hetero) is 1. The molecule has 1 heterocycles. The summed E-state index contributed by atoms with van der Waals surface area (Å²) in [5, 5.41) is 15.1. The lowest BCUT2D eigenvalue weighted by molar-refractivity contribution is -0.386. The highest BCUT2D eigenvalue weighted by Gasteiger charge is 2.16. The molecule has 1 aliphatic heterocycles. The Bertz CT molecular complexity index is 1170. The number of hydrogen-bond acceptors (Lipinski definition) is 6. The van der Waals surface area contributed by atoms with Gasteiger partial charge in [0.1, 0.15) is 12.0 Å². The Hall–Kier alpha value is -3.87. The summed E-state index contributed by atoms with van der Waals surface area (Å²) in [7, 11) is 0. The lowest BCUT2D eigenvalue weighted by atomic mass is 10.0. The second kappa shape index (κ2) is 7.40. The maximum atomic E-state index is 12.4. The molecule has 3 aromatic rings. The summed E-state index contributed by atoms with van der Waals surface area (Å²) in [5.74, 6) is 0.0442. The number of rotatable bonds is 6. The highest BCUT2D eigenvalue weighted by molar-refractivity contribution is 5.97. The molecule has 28 heavy (non-hydrogen) atoms. The van der Waals surface area contributed by atoms with Crippen LogP contribution in [0.25, 0.3) is 0 Å². The zero-order chi connectivity index (χ0) is 19.5. The van der Waals surface area contributed by atoms with Gasteiger partial charge in [-0.3, -0.25) is 24.9 Å². The van der Waals surface area contributed by atoms with Crippen molar-refractivity contribution in [3.05, 3.63) is 98.7 Å². The molecule has 0 saturated heterocycles. The first-order chi connectivity index (χ1) is 13.6. The van der Waals surface area contributed by atoms with Crippen molar-refractivity contribution < 1.29 is 9.72 Å². The summed E-state index contributed by atoms with van der Waals surface area (Å²) >= 11 is 0. The van der Waals surface area contributed by atoms with Crippen molar-refractivity contribution in [2.24, 2.45) is 9.98 Å². The molecule has 0 aromatic heterocycles. The Balaban J connectivity index is 1.53. The molecular formula is C21H16N4O3. The first kappa shape index (κ1) is 17.5. The van der Waals surface area contributed by atoms with E-state index in [4.69, 9.17) is 0 Å². The fourth-order valence-corrected chi connectivity index (χ4v) is 3.09. The van der Waals surface area contributed by atoms with E-state index in [1.165, 1.54) is 6.07 Å². The molecule has 0 radical (unpaired) electrons. The molecular weight excluding hydrogens is 356 g/mol. The minimum absolute atomic E-state index is 0.0442. The second-order valence-electron chi connectivity index (χ2n) is 6.33. The van der Waals surface area contributed by atoms with Crippen LogP contribution in [0, 0.1) is 10.1 Å². The quantitative estimate of drug-likeness (QED) is 0.409. The monoisotopic (exact) mass is 372 g/mol. The minimum Gasteiger partial charge on any atom is -0.354 e. The fourth-order valence-electron chi connectivity index (χ4n) is 3.09. The zero-order valence-corrected chi connectivity index (χ0v) is 14.8. The topological polar surface area (TPSA) is 97.0 Å². The molecule has 0 atom stereocenters. The molecule has 0 amide bonds. The van der Waals surface area contributed by atoms with Crippen LogP contribution in [0.15, 0.2) is 76.7 Å². The molecule has 0 saturated carbocycles. The van der Waals surface area contributed by atoms with Gasteiger partial charge in [0.2, 0.25) is 0 Å². The summed E-state index contributed by atoms with van der Waals surface area (Å²) in [6, 6.07) is 19.8. The largest absolute Gasteiger partial charge is 0.354 e. The predicted molar refractivity (Wildman–Crippen MR) is 104 cm³/mol. The summed E-state index contributed by atoms with van der Waals surface area (Å²) in [4.78, 5) is 31.4. The number of carbonyl (C=O) groups is 1. The normalized spacial score (nSPS) is 11.9. The number of carbonyl (C=O) groups excluding carboxylic acids is 1. The first-order valence-corrected chi connectivity index (χ1v) is 8.72. The average Bonchev–Trinajstić information content (AvgIpc) is 3.19. The molecule has 0 unspecified atom stereocenters. The molecule has 0 fully saturated rings. The highest BCUT2D eigenvalue weighted by Crippen LogP contribution is 2.17. The van der Waals surface area contributed by atoms with E-state index in [0.717, 1.165) is 11.3 Å². The van der Waals surface area contributed by atoms with E-state index >= 15 is 0 Å². The third-order valence-corrected chi connectivity index (χ3v) is 4.48. The van der Waals surface area contributed by atoms with E-state index in [1.807, 2.05) is 30.3 Å². The van der Waals surface area contributed by atoms with Gasteiger partial charge < -0.3 is 5.32 Å². The van der Waals surface area contributed by atoms with Crippen LogP contribution < -0.4 is 16.0 Å². The third-order valence-electron chi connectivity index (χ3n) is 4.48. The number of anilines is 2. The number of nitrogens with zero attached hydrogens (tertiary/aromatic N) is 3. The SMILES string of the molecule is O=C(Cc1ccccc1)c1ccc(Nc2ccc([N+](=O)[O-])c3c2=NCN=3)cc1. The van der Waals surface area contributed by atoms with Crippen molar-refractivity contribution in [1.82, 2.24) is 0 Å². The minimum atomic E-state index is -0.458. The zero-order valence-electron chi connectivity index (χ0n) is 14.8. The van der Waals surface area contributed by atoms with Gasteiger partial charge in [-0.1, -0.05) is 30.3 Å². The highest BCUT2D eigenvalue weighted by atomic mass is 16.6. The molecule has 7 nitrogen and oxygen atoms in total. The van der Waals surface area contributed by atoms with Crippen LogP contribution in [0.5, 0.6) is 0 Å². The lowest BCUT2D eigenvalue weighted by Gasteiger charge is -2.08. The van der Waals surface area contributed by atoms with Gasteiger partial charge in [0.15, 0.2) is 11.1 Å². The maximum absolute atomic E-state index is 12.4. The molecule has 0 spiro atoms. The van der Waals surface area contributed by atoms with Crippen molar-refractivity contribution in [3.8, 4) is 0 Å². The second-order valence-corrected chi connectivity index (χ2v) is 6.33. The number of benzene rings is 3. The summed E-state index contributed by atoms with van der Waals surface area (Å²) in [6.07, 6.45) is 0.351. The van der Waals surface area contributed by atoms with E-state index in [0.29, 0.717) is 28.4 Å². The Morgan fingerprint density at radius 1 is 0.964 bits per heavy atom. The number of non-ortho nitro benzene ring substituents is 1. The number of ketones is 1. The summed E-state index contributed by atoms with van der Waals surface area (Å²) in [6.45, 7) is 0.182. The Morgan fingerprint density at radius 3 is 2.39 bits per heavy atom. The van der Waals surface area contributed by atoms with E-state index in [9.17, 15) is 14.9 Å². The Morgan fingerprint density at radius 2 is 1.68 bits per heavy atom. The van der Waals surface area contributed by atoms with E-state index in [2.05, 4.69) is 15.3 Å². The molecule has 1 aliphatic rings. The number of nitro benzene ring substituents is 1. The van der Waals surface area contributed by atoms with Crippen molar-refractivity contribution >= 4 is 22.8 Å². The van der Waals surface area contributed by atoms with Crippen LogP contribution >= 0.6 is 0 Å². The summed E-state index contributed by atoms with van der Waals surface area (Å²) in [5.41, 5.74) is 2.95. The van der Waals surface area contributed by atoms with Crippen LogP contribution in [0.3, 0.4) is 0 Å². The molecule has 3 aromatic carbocycles. The molecule has 7 heteroatoms. The van der Waals surface area contributed by atoms with Gasteiger partial charge in [0, 0.05) is 23.7 Å². The van der Waals surface area contributed by atoms with Gasteiger partial charge in [-0.25, -0.2) is 0 Å². The van der Waals surface area contributed by atoms with Gasteiger partial charge in [-0.15, -0.1) is 0 Å². The number of nitro groups is 1. The van der Waals surface area contributed by atoms with Gasteiger partial charge in [0.05, 0.1) is 10.6 Å². The number of fused-ring (bicyclic) bond motifs is 1. The van der Waals surface area contributed by atoms with Crippen molar-refractivity contribution in [2.75, 3.05) is 12.0 Å². The standard InChI is InChI=1S/C21H16N4O3/c26-19(12-14-4-2-1-3-5-14)15-6-8-16(9-7-15)24-17-10-11-18(25(27)28)21-20(17)22-13-23-21/h1-11,24H,12-13H2. The van der Waals surface area contributed by atoms with Crippen LogP contribution in [0.1, 0.15) is 15.9 Å². The van der Waals surface area contributed by atoms with Gasteiger partial charge in [-0.2, -0.15) is 0 Å². The van der Waals surface area contributed by atoms with Crippen LogP contribution in [0.2, 0.25) is 0 Å². The number of nitrogens with one attached hydrogen (secondary N) is 1. The fraction of sp³-hybridized carbons (Fsp3) is 0.0952. The summed E-state index contributed by atoms with van der Waals surface area (Å²) < 4.78 is 0. The Labute approximate surface area is 160 Å². The van der Waals surface area contributed by atoms with E-state index < -0.39 is 4.92 Å². The average molecular weight is 372 g/mol. The first-order valence-electron chi connectivity index (χ1n) is 8.72. The predicted octanol–water partition coefficient (Wildman–Crippen LogP) is 2.97. The van der Waals surface area contributed by atoms with Crippen LogP contribution in [0.4, 0.5) is 17.1 Å². The maximum Gasteiger partial charge on any atom is 0.296 e. The Kier molecular flexibility index (Phi) is 4.63. The third kappa shape index (κ3) is 3.50. The smallest absolute Gasteiger partial charge is 0.296 e. The van der Waals surface area contributed by atoms with Crippen LogP contribution in [-0.4, -0.2) is 17.4 Å². The number of hydrogen-bond donors (Lipinski definition) is 1. The van der Waals surface area contributed by atoms with Gasteiger partial charge in [-0.05, 0) is 35.9 Å². The molecule has 0 aliphatic carbocycles. The van der Waals surface area contributed by atoms with Crippen molar-refractivity contribution in [1.29, 1.82) is 0 Å². The molecule has 1 N–H and O–H groups in total. The van der Waals surface area contributed by atoms with E-state index in [1.54, 1.807) is 30.3 Å².